The number of hydrogen-bond acceptors (Lipinski definition) is 19. The number of ether oxygens (including phenoxy) is 7. The molecule has 31 heteroatoms. The molecule has 14 N–H and O–H groups in total. The third kappa shape index (κ3) is 31.1. The van der Waals surface area contributed by atoms with Crippen molar-refractivity contribution in [2.75, 3.05) is 113 Å². The summed E-state index contributed by atoms with van der Waals surface area (Å²) >= 11 is 1.59. The van der Waals surface area contributed by atoms with Gasteiger partial charge >= 0.3 is 5.97 Å². The van der Waals surface area contributed by atoms with Crippen LogP contribution in [0.5, 0.6) is 17.2 Å². The monoisotopic (exact) mass is 1500 g/mol. The van der Waals surface area contributed by atoms with Crippen LogP contribution < -0.4 is 73.5 Å². The van der Waals surface area contributed by atoms with Crippen LogP contribution in [-0.4, -0.2) is 207 Å². The van der Waals surface area contributed by atoms with E-state index in [2.05, 4.69) is 64.7 Å². The quantitative estimate of drug-likeness (QED) is 0.00873. The Morgan fingerprint density at radius 3 is 1.66 bits per heavy atom. The number of unbranched alkanes of at least 4 members (excludes halogenated alkanes) is 1. The van der Waals surface area contributed by atoms with Gasteiger partial charge in [-0.3, -0.25) is 52.9 Å². The number of carboxylic acid groups (broad SMARTS) is 1. The fourth-order valence-corrected chi connectivity index (χ4v) is 12.5. The number of hydrogen-bond donors (Lipinski definition) is 12. The zero-order valence-electron chi connectivity index (χ0n) is 60.5. The molecule has 0 bridgehead atoms. The lowest BCUT2D eigenvalue weighted by molar-refractivity contribution is -0.141. The number of thioether (sulfide) groups is 1. The lowest BCUT2D eigenvalue weighted by Crippen LogP contribution is -2.58. The van der Waals surface area contributed by atoms with Gasteiger partial charge in [0.25, 0.3) is 0 Å². The van der Waals surface area contributed by atoms with Gasteiger partial charge in [-0.15, -0.1) is 11.8 Å². The fraction of sp³-hybridized carbons (Fsp3) is 0.434. The second-order valence-electron chi connectivity index (χ2n) is 24.3. The molecule has 107 heavy (non-hydrogen) atoms. The molecule has 1 aliphatic rings. The van der Waals surface area contributed by atoms with E-state index in [0.29, 0.717) is 53.5 Å². The van der Waals surface area contributed by atoms with Crippen LogP contribution in [0.4, 0.5) is 0 Å². The number of aliphatic carboxylic acids is 1. The molecule has 1 heterocycles. The highest BCUT2D eigenvalue weighted by atomic mass is 32.2. The standard InChI is InChI=1S/C76H98N12O18S/c1-100-58-28-23-55(24-29-58)76(56-25-30-59(101-2)31-26-56,57-27-32-64(102-3)54(46-57)19-10-11-22-65(89)83-48-53-17-8-5-9-18-53)107-44-33-66(90)80-36-38-103-40-43-106-51-69(93)81-37-39-104-41-42-105-50-68(92)79-34-13-12-20-61-72(97)86-60(21-14-35-82-75(77)78)71(96)84-49-67(91)85-63(47-70(94)95)74(99)88-62(73(98)87-61)45-52-15-6-4-7-16-52/h4-9,15-18,23-32,46,60-63H,11-14,20-22,33-45,47-51H2,1-3H3,(H,79,92)(H,80,90)(H,81,93)(H,83,89)(H,84,96)(H,85,91)(H,86,97)(H,87,98)(H,88,99)(H,94,95)(H4,77,78,82)/t60-,61?,62-,63-/m0/s1. The van der Waals surface area contributed by atoms with Gasteiger partial charge in [0.05, 0.1) is 84.2 Å². The van der Waals surface area contributed by atoms with Crippen LogP contribution in [-0.2, 0) is 84.6 Å². The molecular formula is C76H98N12O18S. The summed E-state index contributed by atoms with van der Waals surface area (Å²) < 4.78 is 38.1. The van der Waals surface area contributed by atoms with Crippen LogP contribution in [0.1, 0.15) is 91.2 Å². The van der Waals surface area contributed by atoms with Crippen LogP contribution in [0.15, 0.2) is 132 Å². The largest absolute Gasteiger partial charge is 0.497 e. The van der Waals surface area contributed by atoms with Gasteiger partial charge in [-0.05, 0) is 96.3 Å². The highest BCUT2D eigenvalue weighted by Crippen LogP contribution is 2.50. The molecule has 0 aromatic heterocycles. The van der Waals surface area contributed by atoms with Crippen LogP contribution in [0.2, 0.25) is 0 Å². The number of nitrogens with two attached hydrogens (primary N) is 2. The number of aliphatic imine (C=N–C) groups is 1. The number of carboxylic acids is 1. The molecule has 1 fully saturated rings. The molecule has 1 aliphatic heterocycles. The van der Waals surface area contributed by atoms with Gasteiger partial charge < -0.3 is 97.6 Å². The number of carbonyl (C=O) groups is 10. The fourth-order valence-electron chi connectivity index (χ4n) is 11.0. The number of rotatable bonds is 43. The van der Waals surface area contributed by atoms with Crippen LogP contribution in [0.3, 0.4) is 0 Å². The van der Waals surface area contributed by atoms with Crippen LogP contribution in [0, 0.1) is 11.8 Å². The molecule has 5 aromatic carbocycles. The number of carbonyl (C=O) groups excluding carboxylic acids is 9. The Hall–Kier alpha value is -10.8. The van der Waals surface area contributed by atoms with Gasteiger partial charge in [-0.2, -0.15) is 0 Å². The Labute approximate surface area is 626 Å². The van der Waals surface area contributed by atoms with E-state index in [1.807, 2.05) is 97.1 Å². The van der Waals surface area contributed by atoms with E-state index in [9.17, 15) is 53.1 Å². The van der Waals surface area contributed by atoms with Gasteiger partial charge in [0.2, 0.25) is 53.2 Å². The lowest BCUT2D eigenvalue weighted by Gasteiger charge is -2.36. The third-order valence-electron chi connectivity index (χ3n) is 16.4. The number of nitrogens with zero attached hydrogens (tertiary/aromatic N) is 1. The van der Waals surface area contributed by atoms with E-state index in [-0.39, 0.29) is 148 Å². The zero-order chi connectivity index (χ0) is 77.0. The van der Waals surface area contributed by atoms with Gasteiger partial charge in [-0.25, -0.2) is 0 Å². The number of guanidine groups is 1. The Bertz CT molecular complexity index is 3720. The van der Waals surface area contributed by atoms with Crippen molar-refractivity contribution in [3.63, 3.8) is 0 Å². The summed E-state index contributed by atoms with van der Waals surface area (Å²) in [7, 11) is 4.80. The highest BCUT2D eigenvalue weighted by Gasteiger charge is 2.39. The van der Waals surface area contributed by atoms with Gasteiger partial charge in [0.15, 0.2) is 5.96 Å². The minimum atomic E-state index is -1.64. The van der Waals surface area contributed by atoms with Crippen molar-refractivity contribution >= 4 is 76.9 Å². The van der Waals surface area contributed by atoms with E-state index >= 15 is 0 Å². The first-order valence-corrected chi connectivity index (χ1v) is 36.1. The number of benzene rings is 5. The minimum Gasteiger partial charge on any atom is -0.497 e. The normalized spacial score (nSPS) is 15.5. The number of nitrogens with one attached hydrogen (secondary N) is 9. The Morgan fingerprint density at radius 2 is 1.07 bits per heavy atom. The van der Waals surface area contributed by atoms with Crippen molar-refractivity contribution < 1.29 is 86.2 Å². The second kappa shape index (κ2) is 47.6. The van der Waals surface area contributed by atoms with E-state index in [1.165, 1.54) is 0 Å². The number of methoxy groups -OCH3 is 3. The summed E-state index contributed by atoms with van der Waals surface area (Å²) in [6.45, 7) is 0.773. The van der Waals surface area contributed by atoms with Gasteiger partial charge in [0.1, 0.15) is 54.6 Å². The molecule has 6 rings (SSSR count). The molecular weight excluding hydrogens is 1400 g/mol. The Balaban J connectivity index is 0.874. The summed E-state index contributed by atoms with van der Waals surface area (Å²) in [5.41, 5.74) is 15.9. The second-order valence-corrected chi connectivity index (χ2v) is 25.7. The molecule has 576 valence electrons. The minimum absolute atomic E-state index is 0.00317. The summed E-state index contributed by atoms with van der Waals surface area (Å²) in [6.07, 6.45) is 0.626. The van der Waals surface area contributed by atoms with Crippen molar-refractivity contribution in [2.45, 2.75) is 99.7 Å². The molecule has 0 spiro atoms. The molecule has 0 saturated carbocycles. The molecule has 4 atom stereocenters. The first-order valence-electron chi connectivity index (χ1n) is 35.1. The Kier molecular flexibility index (Phi) is 37.9. The number of amides is 9. The molecule has 9 amide bonds. The maximum Gasteiger partial charge on any atom is 0.305 e. The lowest BCUT2D eigenvalue weighted by atomic mass is 9.83. The summed E-state index contributed by atoms with van der Waals surface area (Å²) in [4.78, 5) is 135. The molecule has 0 radical (unpaired) electrons. The van der Waals surface area contributed by atoms with Crippen molar-refractivity contribution in [1.29, 1.82) is 0 Å². The molecule has 5 aromatic rings. The van der Waals surface area contributed by atoms with Gasteiger partial charge in [-0.1, -0.05) is 103 Å². The summed E-state index contributed by atoms with van der Waals surface area (Å²) in [5.74, 6) is 1.81. The molecule has 30 nitrogen and oxygen atoms in total. The van der Waals surface area contributed by atoms with Crippen molar-refractivity contribution in [3.05, 3.63) is 161 Å². The Morgan fingerprint density at radius 1 is 0.551 bits per heavy atom. The van der Waals surface area contributed by atoms with E-state index in [4.69, 9.17) is 44.6 Å². The molecule has 0 aliphatic carbocycles. The van der Waals surface area contributed by atoms with Crippen molar-refractivity contribution in [1.82, 2.24) is 47.9 Å². The summed E-state index contributed by atoms with van der Waals surface area (Å²) in [6, 6.07) is 34.3. The SMILES string of the molecule is COc1ccc(C(SCCC(=O)NCCOCCOCC(=O)NCCOCCOCC(=O)NCCCCC2NC(=O)[C@H](Cc3ccccc3)NC(=O)[C@H](CC(=O)O)NC(=O)CNC(=O)[C@H](CCCN=C(N)N)NC2=O)(c2ccc(OC)cc2)c2ccc(OC)c(C#CCCC(=O)NCc3ccccc3)c2)cc1. The molecule has 1 saturated heterocycles. The topological polar surface area (TPSA) is 428 Å². The predicted molar refractivity (Wildman–Crippen MR) is 400 cm³/mol. The first-order chi connectivity index (χ1) is 51.8. The summed E-state index contributed by atoms with van der Waals surface area (Å²) in [5, 5.41) is 33.5. The highest BCUT2D eigenvalue weighted by molar-refractivity contribution is 8.00. The maximum atomic E-state index is 14.1. The first kappa shape index (κ1) is 85.2. The predicted octanol–water partition coefficient (Wildman–Crippen LogP) is 2.00. The zero-order valence-corrected chi connectivity index (χ0v) is 61.3. The van der Waals surface area contributed by atoms with Crippen LogP contribution >= 0.6 is 11.8 Å². The van der Waals surface area contributed by atoms with Crippen molar-refractivity contribution in [3.8, 4) is 29.1 Å². The van der Waals surface area contributed by atoms with Crippen molar-refractivity contribution in [2.24, 2.45) is 16.5 Å². The van der Waals surface area contributed by atoms with E-state index < -0.39 is 83.3 Å². The smallest absolute Gasteiger partial charge is 0.305 e. The maximum absolute atomic E-state index is 14.1. The van der Waals surface area contributed by atoms with Crippen LogP contribution in [0.25, 0.3) is 0 Å². The van der Waals surface area contributed by atoms with E-state index in [0.717, 1.165) is 22.3 Å². The average molecular weight is 1500 g/mol. The van der Waals surface area contributed by atoms with E-state index in [1.54, 1.807) is 63.4 Å². The average Bonchev–Trinajstić information content (AvgIpc) is 0.762. The third-order valence-corrected chi connectivity index (χ3v) is 18.0. The van der Waals surface area contributed by atoms with Gasteiger partial charge in [0, 0.05) is 64.2 Å². The molecule has 1 unspecified atom stereocenters.